The summed E-state index contributed by atoms with van der Waals surface area (Å²) < 4.78 is 15.6. The summed E-state index contributed by atoms with van der Waals surface area (Å²) in [5.74, 6) is 2.42. The summed E-state index contributed by atoms with van der Waals surface area (Å²) in [6, 6.07) is 0. The van der Waals surface area contributed by atoms with Gasteiger partial charge >= 0.3 is 0 Å². The third-order valence-electron chi connectivity index (χ3n) is 2.59. The Bertz CT molecular complexity index is 259. The lowest BCUT2D eigenvalue weighted by atomic mass is 9.93. The Kier molecular flexibility index (Phi) is 1.86. The van der Waals surface area contributed by atoms with E-state index in [0.29, 0.717) is 0 Å². The molecule has 2 aliphatic rings. The van der Waals surface area contributed by atoms with Gasteiger partial charge in [-0.25, -0.2) is 0 Å². The zero-order valence-corrected chi connectivity index (χ0v) is 7.56. The Morgan fingerprint density at radius 3 is 2.77 bits per heavy atom. The van der Waals surface area contributed by atoms with Gasteiger partial charge in [-0.2, -0.15) is 0 Å². The summed E-state index contributed by atoms with van der Waals surface area (Å²) in [4.78, 5) is 0. The van der Waals surface area contributed by atoms with Gasteiger partial charge in [0.15, 0.2) is 11.9 Å². The van der Waals surface area contributed by atoms with Crippen LogP contribution in [0, 0.1) is 12.3 Å². The van der Waals surface area contributed by atoms with Crippen molar-refractivity contribution in [1.29, 1.82) is 0 Å². The van der Waals surface area contributed by atoms with Gasteiger partial charge in [0.2, 0.25) is 0 Å². The number of fused-ring (bicyclic) bond motifs is 1. The molecule has 2 aliphatic heterocycles. The lowest BCUT2D eigenvalue weighted by Crippen LogP contribution is -2.53. The van der Waals surface area contributed by atoms with Crippen molar-refractivity contribution < 1.29 is 19.3 Å². The number of rotatable bonds is 1. The fraction of sp³-hybridized carbons (Fsp3) is 0.778. The summed E-state index contributed by atoms with van der Waals surface area (Å²) in [5, 5.41) is 9.70. The second kappa shape index (κ2) is 2.69. The molecule has 0 spiro atoms. The van der Waals surface area contributed by atoms with Gasteiger partial charge in [-0.15, -0.1) is 6.42 Å². The van der Waals surface area contributed by atoms with E-state index in [-0.39, 0.29) is 12.2 Å². The van der Waals surface area contributed by atoms with E-state index in [1.54, 1.807) is 6.92 Å². The Morgan fingerprint density at radius 1 is 1.54 bits per heavy atom. The highest BCUT2D eigenvalue weighted by atomic mass is 16.7. The number of epoxide rings is 1. The van der Waals surface area contributed by atoms with Crippen molar-refractivity contribution in [2.75, 3.05) is 7.11 Å². The molecule has 4 nitrogen and oxygen atoms in total. The Labute approximate surface area is 76.8 Å². The Balaban J connectivity index is 2.18. The average molecular weight is 184 g/mol. The number of ether oxygens (including phenoxy) is 3. The fourth-order valence-electron chi connectivity index (χ4n) is 1.60. The molecule has 0 radical (unpaired) electrons. The van der Waals surface area contributed by atoms with E-state index >= 15 is 0 Å². The topological polar surface area (TPSA) is 51.2 Å². The first kappa shape index (κ1) is 8.97. The first-order chi connectivity index (χ1) is 6.12. The van der Waals surface area contributed by atoms with Crippen LogP contribution < -0.4 is 0 Å². The number of hydrogen-bond donors (Lipinski definition) is 1. The van der Waals surface area contributed by atoms with E-state index in [1.165, 1.54) is 7.11 Å². The van der Waals surface area contributed by atoms with Crippen LogP contribution in [0.25, 0.3) is 0 Å². The zero-order valence-electron chi connectivity index (χ0n) is 7.56. The summed E-state index contributed by atoms with van der Waals surface area (Å²) >= 11 is 0. The maximum atomic E-state index is 9.70. The van der Waals surface area contributed by atoms with Crippen LogP contribution in [0.15, 0.2) is 0 Å². The van der Waals surface area contributed by atoms with Gasteiger partial charge in [-0.05, 0) is 6.92 Å². The molecule has 2 rings (SSSR count). The molecule has 0 aliphatic carbocycles. The second-order valence-electron chi connectivity index (χ2n) is 3.48. The second-order valence-corrected chi connectivity index (χ2v) is 3.48. The largest absolute Gasteiger partial charge is 0.386 e. The zero-order chi connectivity index (χ0) is 9.64. The van der Waals surface area contributed by atoms with Crippen molar-refractivity contribution >= 4 is 0 Å². The summed E-state index contributed by atoms with van der Waals surface area (Å²) in [6.07, 6.45) is 3.64. The SMILES string of the molecule is C#C[C@@]1(C)O[C@H](OC)[C@H]2O[C@H]2[C@H]1O. The number of hydrogen-bond acceptors (Lipinski definition) is 4. The number of aliphatic hydroxyl groups is 1. The maximum Gasteiger partial charge on any atom is 0.188 e. The van der Waals surface area contributed by atoms with E-state index in [4.69, 9.17) is 20.6 Å². The number of aliphatic hydroxyl groups excluding tert-OH is 1. The van der Waals surface area contributed by atoms with Gasteiger partial charge in [-0.3, -0.25) is 0 Å². The van der Waals surface area contributed by atoms with E-state index < -0.39 is 18.0 Å². The predicted molar refractivity (Wildman–Crippen MR) is 43.8 cm³/mol. The van der Waals surface area contributed by atoms with Crippen LogP contribution in [-0.4, -0.2) is 42.4 Å². The molecule has 0 aromatic carbocycles. The quantitative estimate of drug-likeness (QED) is 0.441. The first-order valence-electron chi connectivity index (χ1n) is 4.14. The van der Waals surface area contributed by atoms with E-state index in [9.17, 15) is 5.11 Å². The molecule has 0 saturated carbocycles. The summed E-state index contributed by atoms with van der Waals surface area (Å²) in [7, 11) is 1.53. The minimum Gasteiger partial charge on any atom is -0.386 e. The number of terminal acetylenes is 1. The van der Waals surface area contributed by atoms with E-state index in [2.05, 4.69) is 5.92 Å². The molecule has 0 amide bonds. The molecule has 0 bridgehead atoms. The molecule has 4 heteroatoms. The molecule has 0 unspecified atom stereocenters. The van der Waals surface area contributed by atoms with E-state index in [1.807, 2.05) is 0 Å². The molecule has 72 valence electrons. The van der Waals surface area contributed by atoms with Crippen molar-refractivity contribution in [2.45, 2.75) is 37.1 Å². The van der Waals surface area contributed by atoms with Crippen molar-refractivity contribution in [3.63, 3.8) is 0 Å². The molecular formula is C9H12O4. The third-order valence-corrected chi connectivity index (χ3v) is 2.59. The molecule has 2 saturated heterocycles. The Morgan fingerprint density at radius 2 is 2.23 bits per heavy atom. The molecule has 0 aromatic heterocycles. The van der Waals surface area contributed by atoms with Crippen LogP contribution in [0.5, 0.6) is 0 Å². The first-order valence-corrected chi connectivity index (χ1v) is 4.14. The van der Waals surface area contributed by atoms with Crippen LogP contribution in [0.1, 0.15) is 6.92 Å². The normalized spacial score (nSPS) is 53.7. The Hall–Kier alpha value is -0.600. The van der Waals surface area contributed by atoms with E-state index in [0.717, 1.165) is 0 Å². The van der Waals surface area contributed by atoms with Gasteiger partial charge in [0, 0.05) is 7.11 Å². The van der Waals surface area contributed by atoms with Crippen molar-refractivity contribution in [2.24, 2.45) is 0 Å². The van der Waals surface area contributed by atoms with Crippen molar-refractivity contribution in [3.05, 3.63) is 0 Å². The summed E-state index contributed by atoms with van der Waals surface area (Å²) in [5.41, 5.74) is -1.00. The minimum atomic E-state index is -1.00. The van der Waals surface area contributed by atoms with Crippen molar-refractivity contribution in [3.8, 4) is 12.3 Å². The van der Waals surface area contributed by atoms with Gasteiger partial charge in [0.05, 0.1) is 0 Å². The highest BCUT2D eigenvalue weighted by molar-refractivity contribution is 5.18. The van der Waals surface area contributed by atoms with Gasteiger partial charge in [0.1, 0.15) is 18.3 Å². The fourth-order valence-corrected chi connectivity index (χ4v) is 1.60. The van der Waals surface area contributed by atoms with Crippen LogP contribution >= 0.6 is 0 Å². The van der Waals surface area contributed by atoms with Crippen LogP contribution in [0.3, 0.4) is 0 Å². The van der Waals surface area contributed by atoms with Crippen LogP contribution in [0.4, 0.5) is 0 Å². The standard InChI is InChI=1S/C9H12O4/c1-4-9(2)7(10)5-6(12-5)8(11-3)13-9/h1,5-8,10H,2-3H3/t5-,6+,7-,8+,9-/m1/s1. The molecule has 13 heavy (non-hydrogen) atoms. The smallest absolute Gasteiger partial charge is 0.188 e. The maximum absolute atomic E-state index is 9.70. The van der Waals surface area contributed by atoms with Gasteiger partial charge in [-0.1, -0.05) is 5.92 Å². The summed E-state index contributed by atoms with van der Waals surface area (Å²) in [6.45, 7) is 1.65. The highest BCUT2D eigenvalue weighted by Gasteiger charge is 2.61. The monoisotopic (exact) mass is 184 g/mol. The lowest BCUT2D eigenvalue weighted by Gasteiger charge is -2.35. The average Bonchev–Trinajstić information content (AvgIpc) is 2.91. The molecular weight excluding hydrogens is 172 g/mol. The van der Waals surface area contributed by atoms with Crippen LogP contribution in [0.2, 0.25) is 0 Å². The van der Waals surface area contributed by atoms with Crippen LogP contribution in [-0.2, 0) is 14.2 Å². The molecule has 0 aromatic rings. The number of methoxy groups -OCH3 is 1. The third kappa shape index (κ3) is 1.17. The van der Waals surface area contributed by atoms with Gasteiger partial charge in [0.25, 0.3) is 0 Å². The molecule has 2 heterocycles. The van der Waals surface area contributed by atoms with Crippen molar-refractivity contribution in [1.82, 2.24) is 0 Å². The lowest BCUT2D eigenvalue weighted by molar-refractivity contribution is -0.220. The highest BCUT2D eigenvalue weighted by Crippen LogP contribution is 2.41. The predicted octanol–water partition coefficient (Wildman–Crippen LogP) is -0.491. The van der Waals surface area contributed by atoms with Gasteiger partial charge < -0.3 is 19.3 Å². The minimum absolute atomic E-state index is 0.165. The molecule has 1 N–H and O–H groups in total. The molecule has 5 atom stereocenters. The molecule has 2 fully saturated rings.